The molecule has 0 fully saturated rings. The van der Waals surface area contributed by atoms with Crippen LogP contribution in [-0.4, -0.2) is 64.2 Å². The molecule has 0 saturated carbocycles. The van der Waals surface area contributed by atoms with Crippen LogP contribution in [-0.2, 0) is 21.2 Å². The summed E-state index contributed by atoms with van der Waals surface area (Å²) in [7, 11) is -3.69. The number of carbonyl (C=O) groups is 1. The number of hydrogen-bond acceptors (Lipinski definition) is 6. The highest BCUT2D eigenvalue weighted by Crippen LogP contribution is 2.15. The molecule has 176 valence electrons. The van der Waals surface area contributed by atoms with Crippen molar-refractivity contribution in [2.24, 2.45) is 0 Å². The molecule has 10 heteroatoms. The van der Waals surface area contributed by atoms with Gasteiger partial charge in [-0.15, -0.1) is 11.6 Å². The van der Waals surface area contributed by atoms with E-state index in [9.17, 15) is 13.2 Å². The Morgan fingerprint density at radius 2 is 1.69 bits per heavy atom. The number of benzene rings is 2. The first-order valence-corrected chi connectivity index (χ1v) is 12.3. The van der Waals surface area contributed by atoms with Crippen LogP contribution >= 0.6 is 11.6 Å². The van der Waals surface area contributed by atoms with E-state index >= 15 is 0 Å². The average molecular weight is 484 g/mol. The Morgan fingerprint density at radius 1 is 1.03 bits per heavy atom. The predicted molar refractivity (Wildman–Crippen MR) is 125 cm³/mol. The number of aryl methyl sites for hydroxylation is 1. The van der Waals surface area contributed by atoms with E-state index in [1.165, 1.54) is 0 Å². The molecule has 0 bridgehead atoms. The number of nitrogens with one attached hydrogen (secondary N) is 3. The third-order valence-electron chi connectivity index (χ3n) is 4.56. The largest absolute Gasteiger partial charge is 0.482 e. The van der Waals surface area contributed by atoms with Crippen molar-refractivity contribution in [3.63, 3.8) is 0 Å². The van der Waals surface area contributed by atoms with Crippen LogP contribution in [0.4, 0.5) is 0 Å². The van der Waals surface area contributed by atoms with E-state index in [2.05, 4.69) is 15.4 Å². The fraction of sp³-hybridized carbons (Fsp3) is 0.409. The quantitative estimate of drug-likeness (QED) is 0.225. The van der Waals surface area contributed by atoms with Crippen LogP contribution in [0.1, 0.15) is 11.1 Å². The summed E-state index contributed by atoms with van der Waals surface area (Å²) in [6.07, 6.45) is 0.451. The maximum Gasteiger partial charge on any atom is 0.341 e. The third kappa shape index (κ3) is 9.54. The first-order chi connectivity index (χ1) is 15.3. The summed E-state index contributed by atoms with van der Waals surface area (Å²) in [5.74, 6) is -0.0757. The number of halogens is 1. The second-order valence-corrected chi connectivity index (χ2v) is 9.40. The van der Waals surface area contributed by atoms with Crippen molar-refractivity contribution in [2.75, 3.05) is 38.7 Å². The summed E-state index contributed by atoms with van der Waals surface area (Å²) in [5.41, 5.74) is 1.88. The SMILES string of the molecule is Cc1ccc(S(=O)(=O)NC(CNCCNCCCl)Cc2ccc(OCC(=O)O)cc2)cc1. The number of alkyl halides is 1. The molecular weight excluding hydrogens is 454 g/mol. The molecular formula is C22H30ClN3O5S. The molecule has 0 aliphatic carbocycles. The normalized spacial score (nSPS) is 12.4. The number of ether oxygens (including phenoxy) is 1. The number of carboxylic acid groups (broad SMARTS) is 1. The summed E-state index contributed by atoms with van der Waals surface area (Å²) < 4.78 is 33.7. The summed E-state index contributed by atoms with van der Waals surface area (Å²) in [4.78, 5) is 10.8. The molecule has 2 rings (SSSR count). The molecule has 0 amide bonds. The molecule has 0 heterocycles. The van der Waals surface area contributed by atoms with Gasteiger partial charge in [-0.2, -0.15) is 0 Å². The summed E-state index contributed by atoms with van der Waals surface area (Å²) in [6, 6.07) is 13.3. The number of sulfonamides is 1. The van der Waals surface area contributed by atoms with Crippen LogP contribution in [0.3, 0.4) is 0 Å². The molecule has 1 atom stereocenters. The second kappa shape index (κ2) is 13.4. The Hall–Kier alpha value is -2.17. The van der Waals surface area contributed by atoms with Crippen LogP contribution in [0.5, 0.6) is 5.75 Å². The predicted octanol–water partition coefficient (Wildman–Crippen LogP) is 1.77. The monoisotopic (exact) mass is 483 g/mol. The lowest BCUT2D eigenvalue weighted by atomic mass is 10.1. The number of carboxylic acids is 1. The van der Waals surface area contributed by atoms with Crippen LogP contribution in [0, 0.1) is 6.92 Å². The van der Waals surface area contributed by atoms with Gasteiger partial charge in [0.05, 0.1) is 4.90 Å². The van der Waals surface area contributed by atoms with E-state index < -0.39 is 22.6 Å². The highest BCUT2D eigenvalue weighted by Gasteiger charge is 2.20. The summed E-state index contributed by atoms with van der Waals surface area (Å²) in [5, 5.41) is 15.2. The number of rotatable bonds is 15. The van der Waals surface area contributed by atoms with Crippen LogP contribution < -0.4 is 20.1 Å². The van der Waals surface area contributed by atoms with E-state index in [4.69, 9.17) is 21.4 Å². The smallest absolute Gasteiger partial charge is 0.341 e. The highest BCUT2D eigenvalue weighted by atomic mass is 35.5. The van der Waals surface area contributed by atoms with E-state index in [1.807, 2.05) is 6.92 Å². The van der Waals surface area contributed by atoms with Crippen molar-refractivity contribution < 1.29 is 23.1 Å². The summed E-state index contributed by atoms with van der Waals surface area (Å²) >= 11 is 5.64. The molecule has 0 aliphatic rings. The Balaban J connectivity index is 2.04. The minimum atomic E-state index is -3.69. The van der Waals surface area contributed by atoms with E-state index in [1.54, 1.807) is 48.5 Å². The van der Waals surface area contributed by atoms with Gasteiger partial charge in [-0.3, -0.25) is 0 Å². The van der Waals surface area contributed by atoms with Crippen molar-refractivity contribution in [3.8, 4) is 5.75 Å². The third-order valence-corrected chi connectivity index (χ3v) is 6.29. The average Bonchev–Trinajstić information content (AvgIpc) is 2.75. The summed E-state index contributed by atoms with van der Waals surface area (Å²) in [6.45, 7) is 4.02. The first-order valence-electron chi connectivity index (χ1n) is 10.3. The van der Waals surface area contributed by atoms with Crippen molar-refractivity contribution >= 4 is 27.6 Å². The molecule has 8 nitrogen and oxygen atoms in total. The van der Waals surface area contributed by atoms with Gasteiger partial charge in [-0.05, 0) is 43.2 Å². The van der Waals surface area contributed by atoms with E-state index in [-0.39, 0.29) is 10.9 Å². The van der Waals surface area contributed by atoms with E-state index in [0.717, 1.165) is 17.7 Å². The zero-order valence-corrected chi connectivity index (χ0v) is 19.6. The van der Waals surface area contributed by atoms with Gasteiger partial charge in [0, 0.05) is 38.1 Å². The maximum absolute atomic E-state index is 12.9. The van der Waals surface area contributed by atoms with Gasteiger partial charge in [0.25, 0.3) is 0 Å². The van der Waals surface area contributed by atoms with E-state index in [0.29, 0.717) is 37.7 Å². The Kier molecular flexibility index (Phi) is 10.9. The zero-order chi connectivity index (χ0) is 23.4. The van der Waals surface area contributed by atoms with Gasteiger partial charge in [0.1, 0.15) is 5.75 Å². The fourth-order valence-corrected chi connectivity index (χ4v) is 4.33. The molecule has 0 saturated heterocycles. The second-order valence-electron chi connectivity index (χ2n) is 7.30. The van der Waals surface area contributed by atoms with Gasteiger partial charge >= 0.3 is 5.97 Å². The minimum Gasteiger partial charge on any atom is -0.482 e. The lowest BCUT2D eigenvalue weighted by molar-refractivity contribution is -0.139. The van der Waals surface area contributed by atoms with Crippen molar-refractivity contribution in [3.05, 3.63) is 59.7 Å². The molecule has 0 spiro atoms. The van der Waals surface area contributed by atoms with Gasteiger partial charge in [0.15, 0.2) is 6.61 Å². The number of aliphatic carboxylic acids is 1. The standard InChI is InChI=1S/C22H30ClN3O5S/c1-17-2-8-21(9-3-17)32(29,30)26-19(15-25-13-12-24-11-10-23)14-18-4-6-20(7-5-18)31-16-22(27)28/h2-9,19,24-26H,10-16H2,1H3,(H,27,28). The molecule has 32 heavy (non-hydrogen) atoms. The van der Waals surface area contributed by atoms with Gasteiger partial charge in [-0.25, -0.2) is 17.9 Å². The van der Waals surface area contributed by atoms with Gasteiger partial charge in [0.2, 0.25) is 10.0 Å². The molecule has 0 aromatic heterocycles. The Labute approximate surface area is 194 Å². The van der Waals surface area contributed by atoms with Crippen molar-refractivity contribution in [2.45, 2.75) is 24.3 Å². The Morgan fingerprint density at radius 3 is 2.31 bits per heavy atom. The zero-order valence-electron chi connectivity index (χ0n) is 18.0. The Bertz CT molecular complexity index is 937. The highest BCUT2D eigenvalue weighted by molar-refractivity contribution is 7.89. The van der Waals surface area contributed by atoms with Crippen molar-refractivity contribution in [1.29, 1.82) is 0 Å². The van der Waals surface area contributed by atoms with Crippen LogP contribution in [0.2, 0.25) is 0 Å². The minimum absolute atomic E-state index is 0.217. The molecule has 1 unspecified atom stereocenters. The lowest BCUT2D eigenvalue weighted by Crippen LogP contribution is -2.44. The molecule has 4 N–H and O–H groups in total. The first kappa shape index (κ1) is 26.1. The molecule has 2 aromatic carbocycles. The topological polar surface area (TPSA) is 117 Å². The molecule has 0 aliphatic heterocycles. The number of hydrogen-bond donors (Lipinski definition) is 4. The molecule has 0 radical (unpaired) electrons. The fourth-order valence-electron chi connectivity index (χ4n) is 2.96. The van der Waals surface area contributed by atoms with Gasteiger partial charge in [-0.1, -0.05) is 29.8 Å². The van der Waals surface area contributed by atoms with Crippen LogP contribution in [0.15, 0.2) is 53.4 Å². The molecule has 2 aromatic rings. The van der Waals surface area contributed by atoms with Gasteiger partial charge < -0.3 is 20.5 Å². The van der Waals surface area contributed by atoms with Crippen molar-refractivity contribution in [1.82, 2.24) is 15.4 Å². The lowest BCUT2D eigenvalue weighted by Gasteiger charge is -2.20. The van der Waals surface area contributed by atoms with Crippen LogP contribution in [0.25, 0.3) is 0 Å². The maximum atomic E-state index is 12.9.